The van der Waals surface area contributed by atoms with Crippen LogP contribution >= 0.6 is 11.6 Å². The number of hydrogen-bond acceptors (Lipinski definition) is 9. The number of fused-ring (bicyclic) bond motifs is 1. The molecule has 4 heterocycles. The summed E-state index contributed by atoms with van der Waals surface area (Å²) in [5.74, 6) is -0.590. The molecule has 0 saturated carbocycles. The van der Waals surface area contributed by atoms with Crippen LogP contribution < -0.4 is 10.6 Å². The van der Waals surface area contributed by atoms with E-state index in [0.717, 1.165) is 0 Å². The number of anilines is 2. The highest BCUT2D eigenvalue weighted by Gasteiger charge is 2.41. The Kier molecular flexibility index (Phi) is 7.35. The van der Waals surface area contributed by atoms with Crippen LogP contribution in [-0.4, -0.2) is 56.4 Å². The van der Waals surface area contributed by atoms with Gasteiger partial charge in [0.25, 0.3) is 0 Å². The smallest absolute Gasteiger partial charge is 0.213 e. The van der Waals surface area contributed by atoms with Crippen LogP contribution in [0.4, 0.5) is 15.8 Å². The van der Waals surface area contributed by atoms with E-state index in [1.807, 2.05) is 6.07 Å². The third-order valence-electron chi connectivity index (χ3n) is 6.88. The Morgan fingerprint density at radius 2 is 2.08 bits per heavy atom. The highest BCUT2D eigenvalue weighted by molar-refractivity contribution is 6.35. The third-order valence-corrected chi connectivity index (χ3v) is 7.17. The number of rotatable bonds is 8. The fraction of sp³-hybridized carbons (Fsp3) is 0.393. The zero-order valence-electron chi connectivity index (χ0n) is 22.7. The molecule has 4 aromatic rings. The number of aliphatic hydroxyl groups excluding tert-OH is 1. The van der Waals surface area contributed by atoms with Gasteiger partial charge in [0.15, 0.2) is 0 Å². The van der Waals surface area contributed by atoms with Gasteiger partial charge in [-0.2, -0.15) is 9.65 Å². The van der Waals surface area contributed by atoms with Gasteiger partial charge in [0, 0.05) is 35.1 Å². The molecule has 5 rings (SSSR count). The summed E-state index contributed by atoms with van der Waals surface area (Å²) in [6.45, 7) is 9.13. The minimum Gasteiger partial charge on any atom is -0.394 e. The molecule has 0 amide bonds. The van der Waals surface area contributed by atoms with E-state index in [0.29, 0.717) is 69.6 Å². The molecule has 1 aliphatic rings. The first kappa shape index (κ1) is 27.7. The fourth-order valence-electron chi connectivity index (χ4n) is 4.57. The topological polar surface area (TPSA) is 134 Å². The van der Waals surface area contributed by atoms with Crippen LogP contribution in [0.3, 0.4) is 0 Å². The van der Waals surface area contributed by atoms with Gasteiger partial charge >= 0.3 is 0 Å². The molecule has 0 spiro atoms. The first-order valence-electron chi connectivity index (χ1n) is 12.8. The average Bonchev–Trinajstić information content (AvgIpc) is 3.35. The molecular weight excluding hydrogens is 535 g/mol. The molecule has 1 aromatic carbocycles. The molecular formula is C28H30ClFN8O2. The largest absolute Gasteiger partial charge is 0.394 e. The maximum Gasteiger partial charge on any atom is 0.213 e. The van der Waals surface area contributed by atoms with Crippen molar-refractivity contribution in [3.63, 3.8) is 0 Å². The molecule has 0 radical (unpaired) electrons. The van der Waals surface area contributed by atoms with Crippen molar-refractivity contribution in [1.29, 1.82) is 5.26 Å². The first-order chi connectivity index (χ1) is 19.0. The van der Waals surface area contributed by atoms with Crippen LogP contribution in [0.1, 0.15) is 49.3 Å². The molecule has 1 aliphatic heterocycles. The Balaban J connectivity index is 1.60. The van der Waals surface area contributed by atoms with Gasteiger partial charge < -0.3 is 20.5 Å². The minimum atomic E-state index is -0.675. The van der Waals surface area contributed by atoms with Gasteiger partial charge in [0.05, 0.1) is 53.8 Å². The molecule has 1 saturated heterocycles. The maximum atomic E-state index is 13.9. The SMILES string of the molecule is Cc1nc(F)ccc1[C@H](Nc1cc(Cl)c2ncc(C#N)c(NCC(C)(C)C)c2c1)c1cn(C2(CO)COC2)nn1. The van der Waals surface area contributed by atoms with E-state index < -0.39 is 17.5 Å². The summed E-state index contributed by atoms with van der Waals surface area (Å²) in [5, 5.41) is 36.4. The Hall–Kier alpha value is -3.85. The van der Waals surface area contributed by atoms with Gasteiger partial charge in [0.1, 0.15) is 17.3 Å². The van der Waals surface area contributed by atoms with E-state index in [-0.39, 0.29) is 12.0 Å². The molecule has 0 bridgehead atoms. The number of aromatic nitrogens is 5. The summed E-state index contributed by atoms with van der Waals surface area (Å²) >= 11 is 6.71. The van der Waals surface area contributed by atoms with Crippen LogP contribution in [0.25, 0.3) is 10.9 Å². The first-order valence-corrected chi connectivity index (χ1v) is 13.2. The maximum absolute atomic E-state index is 13.9. The lowest BCUT2D eigenvalue weighted by Crippen LogP contribution is -2.54. The van der Waals surface area contributed by atoms with E-state index in [4.69, 9.17) is 16.3 Å². The zero-order valence-corrected chi connectivity index (χ0v) is 23.4. The normalized spacial score (nSPS) is 15.3. The van der Waals surface area contributed by atoms with Crippen molar-refractivity contribution in [2.75, 3.05) is 37.0 Å². The van der Waals surface area contributed by atoms with Crippen LogP contribution in [0, 0.1) is 29.6 Å². The van der Waals surface area contributed by atoms with Crippen molar-refractivity contribution in [3.05, 3.63) is 70.1 Å². The summed E-state index contributed by atoms with van der Waals surface area (Å²) in [7, 11) is 0. The summed E-state index contributed by atoms with van der Waals surface area (Å²) < 4.78 is 20.9. The van der Waals surface area contributed by atoms with Crippen LogP contribution in [0.5, 0.6) is 0 Å². The molecule has 12 heteroatoms. The van der Waals surface area contributed by atoms with Gasteiger partial charge in [0.2, 0.25) is 5.95 Å². The van der Waals surface area contributed by atoms with E-state index in [1.54, 1.807) is 29.9 Å². The second-order valence-electron chi connectivity index (χ2n) is 11.3. The predicted octanol–water partition coefficient (Wildman–Crippen LogP) is 4.57. The molecule has 10 nitrogen and oxygen atoms in total. The number of nitrogens with zero attached hydrogens (tertiary/aromatic N) is 6. The number of ether oxygens (including phenoxy) is 1. The monoisotopic (exact) mass is 564 g/mol. The summed E-state index contributed by atoms with van der Waals surface area (Å²) in [6.07, 6.45) is 3.26. The van der Waals surface area contributed by atoms with Crippen molar-refractivity contribution >= 4 is 33.9 Å². The number of nitrogens with one attached hydrogen (secondary N) is 2. The standard InChI is InChI=1S/C28H30ClFN8O2/c1-16-19(5-6-23(30)34-16)26(22-11-38(37-36-22)28(13-39)14-40-15-28)35-18-7-20-24(33-12-27(2,3)4)17(9-31)10-32-25(20)21(29)8-18/h5-8,10-11,26,35,39H,12-15H2,1-4H3,(H,32,33)/t26-/m0/s1. The number of nitriles is 1. The minimum absolute atomic E-state index is 0.0383. The number of halogens is 2. The quantitative estimate of drug-likeness (QED) is 0.263. The van der Waals surface area contributed by atoms with Gasteiger partial charge in [-0.25, -0.2) is 9.67 Å². The molecule has 0 unspecified atom stereocenters. The lowest BCUT2D eigenvalue weighted by molar-refractivity contribution is -0.130. The molecule has 1 atom stereocenters. The molecule has 3 N–H and O–H groups in total. The summed E-state index contributed by atoms with van der Waals surface area (Å²) in [6, 6.07) is 8.19. The van der Waals surface area contributed by atoms with Gasteiger partial charge in [-0.1, -0.05) is 43.7 Å². The van der Waals surface area contributed by atoms with Crippen LogP contribution in [0.2, 0.25) is 5.02 Å². The second kappa shape index (κ2) is 10.6. The number of hydrogen-bond donors (Lipinski definition) is 3. The molecule has 3 aromatic heterocycles. The molecule has 1 fully saturated rings. The molecule has 40 heavy (non-hydrogen) atoms. The van der Waals surface area contributed by atoms with Gasteiger partial charge in [-0.15, -0.1) is 5.10 Å². The fourth-order valence-corrected chi connectivity index (χ4v) is 4.84. The van der Waals surface area contributed by atoms with E-state index in [2.05, 4.69) is 57.8 Å². The Bertz CT molecular complexity index is 1600. The van der Waals surface area contributed by atoms with Crippen molar-refractivity contribution in [3.8, 4) is 6.07 Å². The van der Waals surface area contributed by atoms with E-state index in [1.165, 1.54) is 12.3 Å². The summed E-state index contributed by atoms with van der Waals surface area (Å²) in [5.41, 5.74) is 3.20. The van der Waals surface area contributed by atoms with E-state index >= 15 is 0 Å². The van der Waals surface area contributed by atoms with Gasteiger partial charge in [-0.3, -0.25) is 4.98 Å². The van der Waals surface area contributed by atoms with Crippen LogP contribution in [0.15, 0.2) is 36.7 Å². The van der Waals surface area contributed by atoms with Crippen molar-refractivity contribution in [2.45, 2.75) is 39.3 Å². The van der Waals surface area contributed by atoms with Gasteiger partial charge in [-0.05, 0) is 30.5 Å². The summed E-state index contributed by atoms with van der Waals surface area (Å²) in [4.78, 5) is 8.45. The Labute approximate surface area is 236 Å². The number of benzene rings is 1. The highest BCUT2D eigenvalue weighted by atomic mass is 35.5. The second-order valence-corrected chi connectivity index (χ2v) is 11.7. The number of pyridine rings is 2. The van der Waals surface area contributed by atoms with Crippen molar-refractivity contribution in [1.82, 2.24) is 25.0 Å². The van der Waals surface area contributed by atoms with Crippen molar-refractivity contribution in [2.24, 2.45) is 5.41 Å². The van der Waals surface area contributed by atoms with E-state index in [9.17, 15) is 14.8 Å². The van der Waals surface area contributed by atoms with Crippen molar-refractivity contribution < 1.29 is 14.2 Å². The lowest BCUT2D eigenvalue weighted by atomic mass is 9.96. The Morgan fingerprint density at radius 1 is 1.30 bits per heavy atom. The molecule has 0 aliphatic carbocycles. The Morgan fingerprint density at radius 3 is 2.70 bits per heavy atom. The average molecular weight is 565 g/mol. The molecule has 208 valence electrons. The number of aliphatic hydroxyl groups is 1. The van der Waals surface area contributed by atoms with Crippen LogP contribution in [-0.2, 0) is 10.3 Å². The zero-order chi connectivity index (χ0) is 28.7. The third kappa shape index (κ3) is 5.30. The number of aryl methyl sites for hydroxylation is 1. The highest BCUT2D eigenvalue weighted by Crippen LogP contribution is 2.36. The predicted molar refractivity (Wildman–Crippen MR) is 150 cm³/mol. The lowest BCUT2D eigenvalue weighted by Gasteiger charge is -2.39.